The maximum Gasteiger partial charge on any atom is 0.252 e. The molecule has 0 spiro atoms. The van der Waals surface area contributed by atoms with Crippen LogP contribution in [0.3, 0.4) is 0 Å². The molecule has 1 fully saturated rings. The van der Waals surface area contributed by atoms with Crippen LogP contribution in [0.2, 0.25) is 0 Å². The lowest BCUT2D eigenvalue weighted by Gasteiger charge is -2.51. The van der Waals surface area contributed by atoms with Crippen LogP contribution in [0.25, 0.3) is 22.3 Å². The number of benzene rings is 8. The van der Waals surface area contributed by atoms with Gasteiger partial charge in [0.05, 0.1) is 5.54 Å². The first-order valence-corrected chi connectivity index (χ1v) is 28.5. The fourth-order valence-corrected chi connectivity index (χ4v) is 16.1. The van der Waals surface area contributed by atoms with Gasteiger partial charge in [-0.15, -0.1) is 0 Å². The number of hydrogen-bond donors (Lipinski definition) is 0. The molecule has 0 bridgehead atoms. The molecule has 3 nitrogen and oxygen atoms in total. The number of hydrogen-bond acceptors (Lipinski definition) is 3. The van der Waals surface area contributed by atoms with E-state index in [1.54, 1.807) is 5.56 Å². The molecule has 0 N–H and O–H groups in total. The number of rotatable bonds is 3. The Balaban J connectivity index is 1.12. The molecule has 8 aromatic carbocycles. The van der Waals surface area contributed by atoms with Crippen LogP contribution in [0.4, 0.5) is 45.5 Å². The zero-order valence-corrected chi connectivity index (χ0v) is 47.6. The zero-order chi connectivity index (χ0) is 53.0. The first-order chi connectivity index (χ1) is 36.0. The van der Waals surface area contributed by atoms with Gasteiger partial charge in [-0.25, -0.2) is 0 Å². The fourth-order valence-electron chi connectivity index (χ4n) is 16.1. The van der Waals surface area contributed by atoms with Crippen molar-refractivity contribution in [1.29, 1.82) is 0 Å². The van der Waals surface area contributed by atoms with Crippen molar-refractivity contribution < 1.29 is 0 Å². The van der Waals surface area contributed by atoms with Gasteiger partial charge in [0.2, 0.25) is 0 Å². The second-order valence-electron chi connectivity index (χ2n) is 27.5. The molecule has 380 valence electrons. The minimum atomic E-state index is -0.157. The average molecular weight is 992 g/mol. The average Bonchev–Trinajstić information content (AvgIpc) is 4.03. The molecule has 76 heavy (non-hydrogen) atoms. The number of fused-ring (bicyclic) bond motifs is 13. The van der Waals surface area contributed by atoms with Crippen molar-refractivity contribution in [3.8, 4) is 22.3 Å². The van der Waals surface area contributed by atoms with Crippen LogP contribution in [-0.4, -0.2) is 12.3 Å². The van der Waals surface area contributed by atoms with E-state index in [0.717, 1.165) is 6.42 Å². The van der Waals surface area contributed by atoms with Gasteiger partial charge in [0.25, 0.3) is 6.71 Å². The summed E-state index contributed by atoms with van der Waals surface area (Å²) in [5.41, 5.74) is 31.7. The summed E-state index contributed by atoms with van der Waals surface area (Å²) >= 11 is 0. The molecule has 0 radical (unpaired) electrons. The molecule has 0 aromatic heterocycles. The van der Waals surface area contributed by atoms with E-state index < -0.39 is 0 Å². The normalized spacial score (nSPS) is 20.8. The summed E-state index contributed by atoms with van der Waals surface area (Å²) in [4.78, 5) is 8.23. The van der Waals surface area contributed by atoms with Crippen LogP contribution >= 0.6 is 0 Å². The lowest BCUT2D eigenvalue weighted by atomic mass is 9.33. The predicted octanol–water partition coefficient (Wildman–Crippen LogP) is 17.3. The van der Waals surface area contributed by atoms with E-state index in [1.165, 1.54) is 148 Å². The minimum Gasteiger partial charge on any atom is -0.334 e. The van der Waals surface area contributed by atoms with Crippen molar-refractivity contribution in [2.45, 2.75) is 155 Å². The molecule has 0 saturated heterocycles. The number of aryl methyl sites for hydroxylation is 2. The highest BCUT2D eigenvalue weighted by molar-refractivity contribution is 7.00. The van der Waals surface area contributed by atoms with Gasteiger partial charge in [0.1, 0.15) is 0 Å². The molecule has 2 unspecified atom stereocenters. The van der Waals surface area contributed by atoms with Crippen molar-refractivity contribution in [3.63, 3.8) is 0 Å². The molecular weight excluding hydrogens is 918 g/mol. The zero-order valence-electron chi connectivity index (χ0n) is 47.6. The van der Waals surface area contributed by atoms with Crippen LogP contribution in [0, 0.1) is 13.8 Å². The van der Waals surface area contributed by atoms with E-state index in [1.807, 2.05) is 0 Å². The Morgan fingerprint density at radius 1 is 0.434 bits per heavy atom. The predicted molar refractivity (Wildman–Crippen MR) is 325 cm³/mol. The lowest BCUT2D eigenvalue weighted by molar-refractivity contribution is 0.194. The Kier molecular flexibility index (Phi) is 9.69. The minimum absolute atomic E-state index is 0.0138. The van der Waals surface area contributed by atoms with Crippen LogP contribution < -0.4 is 31.1 Å². The smallest absolute Gasteiger partial charge is 0.252 e. The highest BCUT2D eigenvalue weighted by Gasteiger charge is 2.59. The molecule has 3 aliphatic carbocycles. The third-order valence-electron chi connectivity index (χ3n) is 20.2. The largest absolute Gasteiger partial charge is 0.334 e. The maximum absolute atomic E-state index is 2.85. The molecule has 1 saturated carbocycles. The number of nitrogens with zero attached hydrogens (tertiary/aromatic N) is 3. The second kappa shape index (κ2) is 15.5. The Hall–Kier alpha value is -6.78. The summed E-state index contributed by atoms with van der Waals surface area (Å²) in [6, 6.07) is 58.3. The Bertz CT molecular complexity index is 3840. The third-order valence-corrected chi connectivity index (χ3v) is 20.2. The van der Waals surface area contributed by atoms with Crippen molar-refractivity contribution in [3.05, 3.63) is 196 Å². The van der Waals surface area contributed by atoms with Crippen molar-refractivity contribution in [2.24, 2.45) is 0 Å². The van der Waals surface area contributed by atoms with Gasteiger partial charge in [-0.3, -0.25) is 0 Å². The first kappa shape index (κ1) is 47.7. The van der Waals surface area contributed by atoms with Gasteiger partial charge in [-0.05, 0) is 188 Å². The van der Waals surface area contributed by atoms with Gasteiger partial charge in [-0.1, -0.05) is 180 Å². The summed E-state index contributed by atoms with van der Waals surface area (Å²) in [6.45, 7) is 33.8. The van der Waals surface area contributed by atoms with E-state index in [0.29, 0.717) is 0 Å². The van der Waals surface area contributed by atoms with Gasteiger partial charge in [-0.2, -0.15) is 0 Å². The van der Waals surface area contributed by atoms with Crippen molar-refractivity contribution in [2.75, 3.05) is 14.7 Å². The van der Waals surface area contributed by atoms with Crippen molar-refractivity contribution in [1.82, 2.24) is 0 Å². The lowest BCUT2D eigenvalue weighted by Crippen LogP contribution is -2.62. The molecule has 3 heterocycles. The molecule has 2 atom stereocenters. The Morgan fingerprint density at radius 2 is 0.947 bits per heavy atom. The van der Waals surface area contributed by atoms with Gasteiger partial charge < -0.3 is 14.7 Å². The highest BCUT2D eigenvalue weighted by atomic mass is 15.3. The standard InChI is InChI=1S/C72H74BN3/c1-43-35-44(2)65-62(36-43)76(72(14)34-20-19-33-71(65,72)13)49-41-63-66-64(42-49)75(48-27-29-52-50-21-15-17-23-54(50)70(11,12)57(52)40-48)61-32-26-46(68(6,7)8)38-59(61)73(66)58-37-45(67(3,4)5)25-31-60(58)74(63)47-28-30-56-53(39-47)51-22-16-18-24-55(51)69(56,9)10/h15-18,21-32,35-42H,19-20,33-34H2,1-14H3. The Labute approximate surface area is 454 Å². The SMILES string of the molecule is Cc1cc(C)c2c(c1)N(c1cc3c4c(c1)N(c1ccc5c(c1)C(C)(C)c1ccccc1-5)c1ccc(C(C)(C)C)cc1B4c1cc(C(C)(C)C)ccc1N3c1ccc3c(c1)-c1ccccc1C3(C)C)C1(C)CCCCC21C. The van der Waals surface area contributed by atoms with Crippen LogP contribution in [0.1, 0.15) is 159 Å². The van der Waals surface area contributed by atoms with E-state index in [-0.39, 0.29) is 39.3 Å². The van der Waals surface area contributed by atoms with E-state index in [9.17, 15) is 0 Å². The molecular formula is C72H74BN3. The van der Waals surface area contributed by atoms with Gasteiger partial charge in [0.15, 0.2) is 0 Å². The third kappa shape index (κ3) is 6.25. The first-order valence-electron chi connectivity index (χ1n) is 28.5. The van der Waals surface area contributed by atoms with Crippen LogP contribution in [0.5, 0.6) is 0 Å². The summed E-state index contributed by atoms with van der Waals surface area (Å²) in [6.07, 6.45) is 4.79. The quantitative estimate of drug-likeness (QED) is 0.163. The molecule has 3 aliphatic heterocycles. The molecule has 14 rings (SSSR count). The topological polar surface area (TPSA) is 9.72 Å². The number of anilines is 8. The summed E-state index contributed by atoms with van der Waals surface area (Å²) in [7, 11) is 0. The monoisotopic (exact) mass is 992 g/mol. The highest BCUT2D eigenvalue weighted by Crippen LogP contribution is 2.63. The van der Waals surface area contributed by atoms with E-state index in [4.69, 9.17) is 0 Å². The van der Waals surface area contributed by atoms with E-state index in [2.05, 4.69) is 257 Å². The van der Waals surface area contributed by atoms with Crippen molar-refractivity contribution >= 4 is 68.6 Å². The second-order valence-corrected chi connectivity index (χ2v) is 27.5. The molecule has 0 amide bonds. The fraction of sp³-hybridized carbons (Fsp3) is 0.333. The van der Waals surface area contributed by atoms with Crippen LogP contribution in [0.15, 0.2) is 146 Å². The van der Waals surface area contributed by atoms with E-state index >= 15 is 0 Å². The Morgan fingerprint density at radius 3 is 1.55 bits per heavy atom. The molecule has 6 aliphatic rings. The summed E-state index contributed by atoms with van der Waals surface area (Å²) in [5.74, 6) is 0. The van der Waals surface area contributed by atoms with Crippen LogP contribution in [-0.2, 0) is 27.1 Å². The summed E-state index contributed by atoms with van der Waals surface area (Å²) < 4.78 is 0. The summed E-state index contributed by atoms with van der Waals surface area (Å²) in [5, 5.41) is 0. The molecule has 8 aromatic rings. The van der Waals surface area contributed by atoms with Gasteiger partial charge >= 0.3 is 0 Å². The molecule has 4 heteroatoms. The van der Waals surface area contributed by atoms with Gasteiger partial charge in [0, 0.05) is 61.7 Å². The maximum atomic E-state index is 2.85.